The first-order chi connectivity index (χ1) is 9.31. The van der Waals surface area contributed by atoms with Crippen LogP contribution in [-0.4, -0.2) is 54.6 Å². The first-order valence-corrected chi connectivity index (χ1v) is 7.16. The van der Waals surface area contributed by atoms with Gasteiger partial charge >= 0.3 is 5.97 Å². The molecule has 0 amide bonds. The fraction of sp³-hybridized carbons (Fsp3) is 0.500. The topological polar surface area (TPSA) is 43.8 Å². The van der Waals surface area contributed by atoms with Gasteiger partial charge in [-0.2, -0.15) is 0 Å². The molecule has 0 spiro atoms. The Balaban J connectivity index is 2.93. The maximum Gasteiger partial charge on any atom is 0.317 e. The maximum absolute atomic E-state index is 13.9. The molecule has 0 bridgehead atoms. The van der Waals surface area contributed by atoms with Gasteiger partial charge < -0.3 is 10.0 Å². The number of carboxylic acid groups (broad SMARTS) is 1. The van der Waals surface area contributed by atoms with Crippen LogP contribution in [0.15, 0.2) is 22.7 Å². The molecule has 6 heteroatoms. The second-order valence-electron chi connectivity index (χ2n) is 5.01. The molecule has 20 heavy (non-hydrogen) atoms. The Morgan fingerprint density at radius 1 is 1.40 bits per heavy atom. The fourth-order valence-corrected chi connectivity index (χ4v) is 2.32. The van der Waals surface area contributed by atoms with Gasteiger partial charge in [0.25, 0.3) is 0 Å². The minimum absolute atomic E-state index is 0.110. The first kappa shape index (κ1) is 17.1. The molecule has 0 aliphatic rings. The number of hydrogen-bond acceptors (Lipinski definition) is 3. The number of benzene rings is 1. The van der Waals surface area contributed by atoms with E-state index in [1.54, 1.807) is 17.0 Å². The Bertz CT molecular complexity index is 468. The van der Waals surface area contributed by atoms with E-state index in [0.717, 1.165) is 4.47 Å². The van der Waals surface area contributed by atoms with E-state index in [-0.39, 0.29) is 18.4 Å². The number of rotatable bonds is 7. The lowest BCUT2D eigenvalue weighted by molar-refractivity contribution is -0.139. The number of halogens is 2. The van der Waals surface area contributed by atoms with Crippen molar-refractivity contribution in [1.29, 1.82) is 0 Å². The third-order valence-corrected chi connectivity index (χ3v) is 3.62. The van der Waals surface area contributed by atoms with Crippen LogP contribution in [0.1, 0.15) is 18.5 Å². The van der Waals surface area contributed by atoms with Gasteiger partial charge in [-0.15, -0.1) is 0 Å². The SMILES string of the molecule is CC(c1cc(Br)ccc1F)N(CCN(C)C)CC(=O)O. The average molecular weight is 347 g/mol. The maximum atomic E-state index is 13.9. The van der Waals surface area contributed by atoms with Gasteiger partial charge in [0, 0.05) is 29.2 Å². The molecular formula is C14H20BrFN2O2. The lowest BCUT2D eigenvalue weighted by Crippen LogP contribution is -2.37. The van der Waals surface area contributed by atoms with Gasteiger partial charge in [0.15, 0.2) is 0 Å². The molecule has 0 fully saturated rings. The van der Waals surface area contributed by atoms with E-state index < -0.39 is 5.97 Å². The summed E-state index contributed by atoms with van der Waals surface area (Å²) in [6.07, 6.45) is 0. The summed E-state index contributed by atoms with van der Waals surface area (Å²) in [7, 11) is 3.84. The fourth-order valence-electron chi connectivity index (χ4n) is 1.94. The van der Waals surface area contributed by atoms with Crippen molar-refractivity contribution in [2.24, 2.45) is 0 Å². The van der Waals surface area contributed by atoms with E-state index in [4.69, 9.17) is 5.11 Å². The molecule has 112 valence electrons. The van der Waals surface area contributed by atoms with Crippen molar-refractivity contribution >= 4 is 21.9 Å². The minimum Gasteiger partial charge on any atom is -0.480 e. The van der Waals surface area contributed by atoms with Crippen molar-refractivity contribution in [2.45, 2.75) is 13.0 Å². The smallest absolute Gasteiger partial charge is 0.317 e. The molecule has 0 aliphatic carbocycles. The Morgan fingerprint density at radius 3 is 2.60 bits per heavy atom. The summed E-state index contributed by atoms with van der Waals surface area (Å²) in [5, 5.41) is 9.01. The van der Waals surface area contributed by atoms with Crippen molar-refractivity contribution < 1.29 is 14.3 Å². The summed E-state index contributed by atoms with van der Waals surface area (Å²) in [6.45, 7) is 2.99. The van der Waals surface area contributed by atoms with Crippen LogP contribution in [0.5, 0.6) is 0 Å². The average Bonchev–Trinajstić information content (AvgIpc) is 2.36. The van der Waals surface area contributed by atoms with Crippen molar-refractivity contribution in [2.75, 3.05) is 33.7 Å². The molecule has 0 heterocycles. The highest BCUT2D eigenvalue weighted by Crippen LogP contribution is 2.25. The summed E-state index contributed by atoms with van der Waals surface area (Å²) in [6, 6.07) is 4.42. The third-order valence-electron chi connectivity index (χ3n) is 3.13. The van der Waals surface area contributed by atoms with Crippen LogP contribution in [0.2, 0.25) is 0 Å². The normalized spacial score (nSPS) is 12.9. The molecule has 0 radical (unpaired) electrons. The Morgan fingerprint density at radius 2 is 2.05 bits per heavy atom. The zero-order valence-corrected chi connectivity index (χ0v) is 13.5. The van der Waals surface area contributed by atoms with Crippen molar-refractivity contribution in [3.05, 3.63) is 34.1 Å². The second kappa shape index (κ2) is 7.71. The van der Waals surface area contributed by atoms with Crippen LogP contribution in [0.3, 0.4) is 0 Å². The van der Waals surface area contributed by atoms with Gasteiger partial charge in [0.2, 0.25) is 0 Å². The second-order valence-corrected chi connectivity index (χ2v) is 5.92. The van der Waals surface area contributed by atoms with Crippen LogP contribution in [0, 0.1) is 5.82 Å². The summed E-state index contributed by atoms with van der Waals surface area (Å²) >= 11 is 3.32. The quantitative estimate of drug-likeness (QED) is 0.824. The third kappa shape index (κ3) is 5.19. The van der Waals surface area contributed by atoms with Crippen LogP contribution in [0.4, 0.5) is 4.39 Å². The molecule has 1 aromatic rings. The van der Waals surface area contributed by atoms with Gasteiger partial charge in [-0.25, -0.2) is 4.39 Å². The van der Waals surface area contributed by atoms with Gasteiger partial charge in [0.05, 0.1) is 6.54 Å². The number of likely N-dealkylation sites (N-methyl/N-ethyl adjacent to an activating group) is 1. The lowest BCUT2D eigenvalue weighted by Gasteiger charge is -2.29. The van der Waals surface area contributed by atoms with Gasteiger partial charge in [-0.1, -0.05) is 15.9 Å². The summed E-state index contributed by atoms with van der Waals surface area (Å²) < 4.78 is 14.7. The van der Waals surface area contributed by atoms with E-state index >= 15 is 0 Å². The van der Waals surface area contributed by atoms with E-state index in [0.29, 0.717) is 18.7 Å². The van der Waals surface area contributed by atoms with Crippen molar-refractivity contribution in [1.82, 2.24) is 9.80 Å². The van der Waals surface area contributed by atoms with E-state index in [1.165, 1.54) is 6.07 Å². The van der Waals surface area contributed by atoms with E-state index in [1.807, 2.05) is 25.9 Å². The van der Waals surface area contributed by atoms with Crippen LogP contribution in [0.25, 0.3) is 0 Å². The zero-order chi connectivity index (χ0) is 15.3. The van der Waals surface area contributed by atoms with Gasteiger partial charge in [-0.3, -0.25) is 9.69 Å². The number of aliphatic carboxylic acids is 1. The molecule has 0 aromatic heterocycles. The number of carbonyl (C=O) groups is 1. The summed E-state index contributed by atoms with van der Waals surface area (Å²) in [5.41, 5.74) is 0.499. The standard InChI is InChI=1S/C14H20BrFN2O2/c1-10(12-8-11(15)4-5-13(12)16)18(9-14(19)20)7-6-17(2)3/h4-5,8,10H,6-7,9H2,1-3H3,(H,19,20). The highest BCUT2D eigenvalue weighted by atomic mass is 79.9. The van der Waals surface area contributed by atoms with Crippen LogP contribution in [-0.2, 0) is 4.79 Å². The summed E-state index contributed by atoms with van der Waals surface area (Å²) in [5.74, 6) is -1.23. The summed E-state index contributed by atoms with van der Waals surface area (Å²) in [4.78, 5) is 14.7. The largest absolute Gasteiger partial charge is 0.480 e. The van der Waals surface area contributed by atoms with E-state index in [9.17, 15) is 9.18 Å². The molecule has 1 atom stereocenters. The predicted octanol–water partition coefficient (Wildman–Crippen LogP) is 2.60. The molecule has 1 N–H and O–H groups in total. The monoisotopic (exact) mass is 346 g/mol. The lowest BCUT2D eigenvalue weighted by atomic mass is 10.1. The number of carboxylic acids is 1. The minimum atomic E-state index is -0.911. The molecule has 1 aromatic carbocycles. The van der Waals surface area contributed by atoms with Crippen molar-refractivity contribution in [3.63, 3.8) is 0 Å². The molecule has 0 saturated carbocycles. The Labute approximate surface area is 127 Å². The van der Waals surface area contributed by atoms with Crippen LogP contribution < -0.4 is 0 Å². The van der Waals surface area contributed by atoms with Crippen molar-refractivity contribution in [3.8, 4) is 0 Å². The van der Waals surface area contributed by atoms with E-state index in [2.05, 4.69) is 15.9 Å². The highest BCUT2D eigenvalue weighted by molar-refractivity contribution is 9.10. The number of hydrogen-bond donors (Lipinski definition) is 1. The number of nitrogens with zero attached hydrogens (tertiary/aromatic N) is 2. The Kier molecular flexibility index (Phi) is 6.58. The molecule has 4 nitrogen and oxygen atoms in total. The first-order valence-electron chi connectivity index (χ1n) is 6.36. The predicted molar refractivity (Wildman–Crippen MR) is 80.3 cm³/mol. The molecule has 0 saturated heterocycles. The molecule has 1 unspecified atom stereocenters. The molecule has 0 aliphatic heterocycles. The Hall–Kier alpha value is -0.980. The zero-order valence-electron chi connectivity index (χ0n) is 11.9. The molecule has 1 rings (SSSR count). The van der Waals surface area contributed by atoms with Gasteiger partial charge in [0.1, 0.15) is 5.82 Å². The highest BCUT2D eigenvalue weighted by Gasteiger charge is 2.21. The molecular weight excluding hydrogens is 327 g/mol. The van der Waals surface area contributed by atoms with Gasteiger partial charge in [-0.05, 0) is 39.2 Å². The van der Waals surface area contributed by atoms with Crippen LogP contribution >= 0.6 is 15.9 Å².